The van der Waals surface area contributed by atoms with Gasteiger partial charge in [-0.05, 0) is 24.8 Å². The summed E-state index contributed by atoms with van der Waals surface area (Å²) < 4.78 is 27.8. The van der Waals surface area contributed by atoms with Crippen molar-refractivity contribution in [1.82, 2.24) is 13.9 Å². The van der Waals surface area contributed by atoms with Crippen LogP contribution in [-0.2, 0) is 21.4 Å². The van der Waals surface area contributed by atoms with Gasteiger partial charge in [-0.2, -0.15) is 17.4 Å². The van der Waals surface area contributed by atoms with Gasteiger partial charge in [0.1, 0.15) is 6.04 Å². The summed E-state index contributed by atoms with van der Waals surface area (Å²) in [6, 6.07) is 8.68. The van der Waals surface area contributed by atoms with E-state index in [4.69, 9.17) is 0 Å². The molecular weight excluding hydrogens is 302 g/mol. The summed E-state index contributed by atoms with van der Waals surface area (Å²) in [5.74, 6) is -0.147. The molecule has 0 radical (unpaired) electrons. The van der Waals surface area contributed by atoms with Crippen LogP contribution in [0.15, 0.2) is 30.3 Å². The van der Waals surface area contributed by atoms with Crippen LogP contribution >= 0.6 is 0 Å². The molecule has 2 rings (SSSR count). The van der Waals surface area contributed by atoms with Crippen LogP contribution in [0.3, 0.4) is 0 Å². The molecule has 22 heavy (non-hydrogen) atoms. The average molecular weight is 325 g/mol. The summed E-state index contributed by atoms with van der Waals surface area (Å²) in [5, 5.41) is 0. The molecule has 1 aliphatic heterocycles. The molecule has 1 saturated heterocycles. The number of nitrogens with one attached hydrogen (secondary N) is 1. The maximum absolute atomic E-state index is 12.6. The first-order chi connectivity index (χ1) is 10.4. The Hall–Kier alpha value is -1.44. The minimum Gasteiger partial charge on any atom is -0.341 e. The number of nitrogens with zero attached hydrogens (tertiary/aromatic N) is 2. The molecule has 1 aromatic carbocycles. The van der Waals surface area contributed by atoms with E-state index in [1.165, 1.54) is 14.1 Å². The molecule has 6 nitrogen and oxygen atoms in total. The van der Waals surface area contributed by atoms with Crippen molar-refractivity contribution >= 4 is 16.1 Å². The summed E-state index contributed by atoms with van der Waals surface area (Å²) in [5.41, 5.74) is 0.932. The van der Waals surface area contributed by atoms with E-state index in [9.17, 15) is 13.2 Å². The van der Waals surface area contributed by atoms with Crippen LogP contribution in [0.2, 0.25) is 0 Å². The molecule has 1 amide bonds. The van der Waals surface area contributed by atoms with Crippen molar-refractivity contribution in [2.24, 2.45) is 0 Å². The first kappa shape index (κ1) is 16.9. The lowest BCUT2D eigenvalue weighted by Gasteiger charge is -2.25. The molecule has 7 heteroatoms. The number of hydrogen-bond acceptors (Lipinski definition) is 3. The lowest BCUT2D eigenvalue weighted by atomic mass is 10.1. The Morgan fingerprint density at radius 2 is 1.82 bits per heavy atom. The Kier molecular flexibility index (Phi) is 5.55. The molecular formula is C15H23N3O3S. The van der Waals surface area contributed by atoms with Gasteiger partial charge in [0.25, 0.3) is 10.2 Å². The van der Waals surface area contributed by atoms with E-state index in [0.717, 1.165) is 22.7 Å². The quantitative estimate of drug-likeness (QED) is 0.833. The van der Waals surface area contributed by atoms with E-state index >= 15 is 0 Å². The molecule has 1 N–H and O–H groups in total. The minimum atomic E-state index is -3.66. The fourth-order valence-electron chi connectivity index (χ4n) is 2.47. The van der Waals surface area contributed by atoms with Gasteiger partial charge in [0, 0.05) is 27.2 Å². The van der Waals surface area contributed by atoms with Gasteiger partial charge in [0.05, 0.1) is 0 Å². The molecule has 0 aliphatic carbocycles. The van der Waals surface area contributed by atoms with Crippen LogP contribution in [0.25, 0.3) is 0 Å². The standard InChI is InChI=1S/C15H23N3O3S/c1-17(2)22(20,21)16-14(12-13-8-4-3-5-9-13)15(19)18-10-6-7-11-18/h3-5,8-9,14,16H,6-7,10-12H2,1-2H3/t14-/m0/s1. The zero-order valence-electron chi connectivity index (χ0n) is 13.0. The molecule has 0 unspecified atom stereocenters. The first-order valence-electron chi connectivity index (χ1n) is 7.42. The molecule has 0 saturated carbocycles. The highest BCUT2D eigenvalue weighted by Crippen LogP contribution is 2.13. The van der Waals surface area contributed by atoms with Crippen molar-refractivity contribution in [1.29, 1.82) is 0 Å². The topological polar surface area (TPSA) is 69.7 Å². The van der Waals surface area contributed by atoms with Crippen molar-refractivity contribution in [3.05, 3.63) is 35.9 Å². The smallest absolute Gasteiger partial charge is 0.279 e. The van der Waals surface area contributed by atoms with Crippen molar-refractivity contribution in [2.45, 2.75) is 25.3 Å². The van der Waals surface area contributed by atoms with E-state index in [2.05, 4.69) is 4.72 Å². The van der Waals surface area contributed by atoms with Crippen LogP contribution < -0.4 is 4.72 Å². The number of rotatable bonds is 6. The number of hydrogen-bond donors (Lipinski definition) is 1. The van der Waals surface area contributed by atoms with E-state index in [0.29, 0.717) is 19.5 Å². The Balaban J connectivity index is 2.18. The summed E-state index contributed by atoms with van der Waals surface area (Å²) in [6.07, 6.45) is 2.30. The third-order valence-corrected chi connectivity index (χ3v) is 5.31. The maximum atomic E-state index is 12.6. The molecule has 1 fully saturated rings. The summed E-state index contributed by atoms with van der Waals surface area (Å²) in [7, 11) is -0.763. The zero-order chi connectivity index (χ0) is 16.2. The number of likely N-dealkylation sites (tertiary alicyclic amines) is 1. The normalized spacial score (nSPS) is 17.0. The maximum Gasteiger partial charge on any atom is 0.279 e. The van der Waals surface area contributed by atoms with Gasteiger partial charge >= 0.3 is 0 Å². The van der Waals surface area contributed by atoms with Crippen molar-refractivity contribution in [3.8, 4) is 0 Å². The van der Waals surface area contributed by atoms with E-state index < -0.39 is 16.3 Å². The highest BCUT2D eigenvalue weighted by atomic mass is 32.2. The Labute approximate surface area is 132 Å². The number of benzene rings is 1. The SMILES string of the molecule is CN(C)S(=O)(=O)N[C@@H](Cc1ccccc1)C(=O)N1CCCC1. The second-order valence-corrected chi connectivity index (χ2v) is 7.60. The summed E-state index contributed by atoms with van der Waals surface area (Å²) >= 11 is 0. The fraction of sp³-hybridized carbons (Fsp3) is 0.533. The summed E-state index contributed by atoms with van der Waals surface area (Å²) in [6.45, 7) is 1.40. The Morgan fingerprint density at radius 1 is 1.23 bits per heavy atom. The van der Waals surface area contributed by atoms with Gasteiger partial charge in [-0.3, -0.25) is 4.79 Å². The molecule has 0 spiro atoms. The van der Waals surface area contributed by atoms with Crippen molar-refractivity contribution < 1.29 is 13.2 Å². The predicted molar refractivity (Wildman–Crippen MR) is 85.5 cm³/mol. The largest absolute Gasteiger partial charge is 0.341 e. The molecule has 122 valence electrons. The van der Waals surface area contributed by atoms with Crippen molar-refractivity contribution in [2.75, 3.05) is 27.2 Å². The molecule has 0 bridgehead atoms. The van der Waals surface area contributed by atoms with Gasteiger partial charge in [0.2, 0.25) is 5.91 Å². The molecule has 1 atom stereocenters. The monoisotopic (exact) mass is 325 g/mol. The van der Waals surface area contributed by atoms with Crippen LogP contribution in [0.1, 0.15) is 18.4 Å². The van der Waals surface area contributed by atoms with Gasteiger partial charge in [-0.25, -0.2) is 0 Å². The van der Waals surface area contributed by atoms with Crippen LogP contribution in [0.5, 0.6) is 0 Å². The molecule has 1 aromatic rings. The van der Waals surface area contributed by atoms with Crippen LogP contribution in [0.4, 0.5) is 0 Å². The second kappa shape index (κ2) is 7.21. The Bertz CT molecular complexity index is 596. The van der Waals surface area contributed by atoms with Crippen LogP contribution in [-0.4, -0.2) is 56.8 Å². The molecule has 1 aliphatic rings. The number of amides is 1. The lowest BCUT2D eigenvalue weighted by molar-refractivity contribution is -0.131. The van der Waals surface area contributed by atoms with Crippen molar-refractivity contribution in [3.63, 3.8) is 0 Å². The van der Waals surface area contributed by atoms with E-state index in [1.807, 2.05) is 30.3 Å². The molecule has 1 heterocycles. The fourth-order valence-corrected chi connectivity index (χ4v) is 3.23. The van der Waals surface area contributed by atoms with Gasteiger partial charge in [-0.1, -0.05) is 30.3 Å². The Morgan fingerprint density at radius 3 is 2.36 bits per heavy atom. The van der Waals surface area contributed by atoms with E-state index in [-0.39, 0.29) is 5.91 Å². The average Bonchev–Trinajstić information content (AvgIpc) is 3.00. The lowest BCUT2D eigenvalue weighted by Crippen LogP contribution is -2.51. The van der Waals surface area contributed by atoms with Gasteiger partial charge in [0.15, 0.2) is 0 Å². The summed E-state index contributed by atoms with van der Waals surface area (Å²) in [4.78, 5) is 14.4. The highest BCUT2D eigenvalue weighted by Gasteiger charge is 2.30. The number of carbonyl (C=O) groups is 1. The predicted octanol–water partition coefficient (Wildman–Crippen LogP) is 0.616. The van der Waals surface area contributed by atoms with Gasteiger partial charge in [-0.15, -0.1) is 0 Å². The van der Waals surface area contributed by atoms with E-state index in [1.54, 1.807) is 4.90 Å². The highest BCUT2D eigenvalue weighted by molar-refractivity contribution is 7.87. The van der Waals surface area contributed by atoms with Crippen LogP contribution in [0, 0.1) is 0 Å². The van der Waals surface area contributed by atoms with Gasteiger partial charge < -0.3 is 4.90 Å². The first-order valence-corrected chi connectivity index (χ1v) is 8.86. The third kappa shape index (κ3) is 4.28. The minimum absolute atomic E-state index is 0.147. The number of carbonyl (C=O) groups excluding carboxylic acids is 1. The second-order valence-electron chi connectivity index (χ2n) is 5.68. The third-order valence-electron chi connectivity index (χ3n) is 3.77. The zero-order valence-corrected chi connectivity index (χ0v) is 13.8. The molecule has 0 aromatic heterocycles.